The van der Waals surface area contributed by atoms with Crippen molar-refractivity contribution in [2.75, 3.05) is 70.9 Å². The normalized spacial score (nSPS) is 21.9. The predicted molar refractivity (Wildman–Crippen MR) is 110 cm³/mol. The van der Waals surface area contributed by atoms with E-state index >= 15 is 0 Å². The third-order valence-corrected chi connectivity index (χ3v) is 5.73. The summed E-state index contributed by atoms with van der Waals surface area (Å²) >= 11 is 5.97. The molecule has 2 heterocycles. The second-order valence-corrected chi connectivity index (χ2v) is 7.77. The number of halogens is 1. The van der Waals surface area contributed by atoms with Gasteiger partial charge in [-0.2, -0.15) is 0 Å². The quantitative estimate of drug-likeness (QED) is 0.634. The molecule has 1 atom stereocenters. The summed E-state index contributed by atoms with van der Waals surface area (Å²) in [6.07, 6.45) is 0. The smallest absolute Gasteiger partial charge is 0.191 e. The van der Waals surface area contributed by atoms with Gasteiger partial charge in [-0.05, 0) is 38.2 Å². The van der Waals surface area contributed by atoms with Crippen LogP contribution in [0.25, 0.3) is 0 Å². The molecule has 1 aromatic carbocycles. The summed E-state index contributed by atoms with van der Waals surface area (Å²) in [5.74, 6) is 0.682. The molecule has 0 spiro atoms. The maximum atomic E-state index is 6.27. The van der Waals surface area contributed by atoms with Crippen molar-refractivity contribution >= 4 is 23.2 Å². The highest BCUT2D eigenvalue weighted by Crippen LogP contribution is 2.19. The van der Waals surface area contributed by atoms with Gasteiger partial charge in [-0.3, -0.25) is 9.89 Å². The van der Waals surface area contributed by atoms with Gasteiger partial charge in [0.1, 0.15) is 0 Å². The van der Waals surface area contributed by atoms with Crippen LogP contribution in [0.4, 0.5) is 5.69 Å². The van der Waals surface area contributed by atoms with E-state index in [1.54, 1.807) is 0 Å². The molecular weight excluding hydrogens is 348 g/mol. The molecule has 2 aliphatic rings. The highest BCUT2D eigenvalue weighted by molar-refractivity contribution is 6.30. The first-order chi connectivity index (χ1) is 12.5. The molecule has 26 heavy (non-hydrogen) atoms. The molecule has 0 amide bonds. The number of hydrogen-bond acceptors (Lipinski definition) is 4. The Labute approximate surface area is 162 Å². The van der Waals surface area contributed by atoms with Crippen LogP contribution >= 0.6 is 11.6 Å². The largest absolute Gasteiger partial charge is 0.370 e. The van der Waals surface area contributed by atoms with Crippen molar-refractivity contribution in [2.24, 2.45) is 10.7 Å². The highest BCUT2D eigenvalue weighted by Gasteiger charge is 2.21. The fraction of sp³-hybridized carbons (Fsp3) is 0.632. The standard InChI is InChI=1S/C19H31ClN6/c1-16(24-9-7-23(2)8-10-24)15-22-19(21)26-13-11-25(12-14-26)18-5-3-17(20)4-6-18/h3-6,16H,7-15H2,1-2H3,(H2,21,22). The lowest BCUT2D eigenvalue weighted by Crippen LogP contribution is -2.52. The molecule has 2 saturated heterocycles. The molecule has 0 radical (unpaired) electrons. The molecule has 6 nitrogen and oxygen atoms in total. The van der Waals surface area contributed by atoms with Gasteiger partial charge in [0, 0.05) is 69.1 Å². The van der Waals surface area contributed by atoms with Gasteiger partial charge in [0.05, 0.1) is 6.54 Å². The van der Waals surface area contributed by atoms with Gasteiger partial charge in [-0.1, -0.05) is 11.6 Å². The van der Waals surface area contributed by atoms with Crippen molar-refractivity contribution < 1.29 is 0 Å². The Hall–Kier alpha value is -1.50. The SMILES string of the molecule is CC(CN=C(N)N1CCN(c2ccc(Cl)cc2)CC1)N1CCN(C)CC1. The lowest BCUT2D eigenvalue weighted by atomic mass is 10.2. The van der Waals surface area contributed by atoms with Crippen molar-refractivity contribution in [2.45, 2.75) is 13.0 Å². The second-order valence-electron chi connectivity index (χ2n) is 7.34. The zero-order valence-electron chi connectivity index (χ0n) is 15.9. The van der Waals surface area contributed by atoms with Crippen LogP contribution in [0.2, 0.25) is 5.02 Å². The zero-order valence-corrected chi connectivity index (χ0v) is 16.7. The lowest BCUT2D eigenvalue weighted by Gasteiger charge is -2.37. The van der Waals surface area contributed by atoms with Crippen LogP contribution in [-0.4, -0.2) is 92.7 Å². The van der Waals surface area contributed by atoms with Crippen LogP contribution in [0.15, 0.2) is 29.3 Å². The molecule has 1 unspecified atom stereocenters. The monoisotopic (exact) mass is 378 g/mol. The van der Waals surface area contributed by atoms with Crippen molar-refractivity contribution in [1.82, 2.24) is 14.7 Å². The summed E-state index contributed by atoms with van der Waals surface area (Å²) < 4.78 is 0. The molecule has 0 bridgehead atoms. The molecule has 0 aromatic heterocycles. The summed E-state index contributed by atoms with van der Waals surface area (Å²) in [5, 5.41) is 0.776. The molecule has 0 aliphatic carbocycles. The molecule has 0 saturated carbocycles. The first-order valence-corrected chi connectivity index (χ1v) is 9.88. The Bertz CT molecular complexity index is 589. The Morgan fingerprint density at radius 3 is 2.27 bits per heavy atom. The lowest BCUT2D eigenvalue weighted by molar-refractivity contribution is 0.122. The minimum Gasteiger partial charge on any atom is -0.370 e. The minimum absolute atomic E-state index is 0.442. The first-order valence-electron chi connectivity index (χ1n) is 9.51. The van der Waals surface area contributed by atoms with Crippen LogP contribution in [0, 0.1) is 0 Å². The van der Waals surface area contributed by atoms with E-state index in [0.29, 0.717) is 12.0 Å². The summed E-state index contributed by atoms with van der Waals surface area (Å²) in [4.78, 5) is 14.1. The van der Waals surface area contributed by atoms with Crippen molar-refractivity contribution in [1.29, 1.82) is 0 Å². The Morgan fingerprint density at radius 1 is 1.04 bits per heavy atom. The van der Waals surface area contributed by atoms with Gasteiger partial charge in [-0.25, -0.2) is 0 Å². The fourth-order valence-electron chi connectivity index (χ4n) is 3.55. The number of nitrogens with zero attached hydrogens (tertiary/aromatic N) is 5. The molecule has 2 fully saturated rings. The Kier molecular flexibility index (Phi) is 6.62. The molecule has 2 N–H and O–H groups in total. The van der Waals surface area contributed by atoms with Gasteiger partial charge in [-0.15, -0.1) is 0 Å². The maximum Gasteiger partial charge on any atom is 0.191 e. The summed E-state index contributed by atoms with van der Waals surface area (Å²) in [6.45, 7) is 11.2. The zero-order chi connectivity index (χ0) is 18.5. The third kappa shape index (κ3) is 5.02. The number of nitrogens with two attached hydrogens (primary N) is 1. The van der Waals surface area contributed by atoms with Crippen LogP contribution < -0.4 is 10.6 Å². The number of piperazine rings is 2. The molecular formula is C19H31ClN6. The maximum absolute atomic E-state index is 6.27. The van der Waals surface area contributed by atoms with Gasteiger partial charge < -0.3 is 20.4 Å². The van der Waals surface area contributed by atoms with Crippen LogP contribution in [0.3, 0.4) is 0 Å². The van der Waals surface area contributed by atoms with E-state index in [1.165, 1.54) is 5.69 Å². The molecule has 144 valence electrons. The van der Waals surface area contributed by atoms with Gasteiger partial charge in [0.15, 0.2) is 5.96 Å². The summed E-state index contributed by atoms with van der Waals surface area (Å²) in [7, 11) is 2.18. The van der Waals surface area contributed by atoms with E-state index in [4.69, 9.17) is 17.3 Å². The van der Waals surface area contributed by atoms with Gasteiger partial charge in [0.2, 0.25) is 0 Å². The minimum atomic E-state index is 0.442. The topological polar surface area (TPSA) is 51.3 Å². The first kappa shape index (κ1) is 19.3. The van der Waals surface area contributed by atoms with Gasteiger partial charge in [0.25, 0.3) is 0 Å². The Morgan fingerprint density at radius 2 is 1.65 bits per heavy atom. The number of likely N-dealkylation sites (N-methyl/N-ethyl adjacent to an activating group) is 1. The van der Waals surface area contributed by atoms with Gasteiger partial charge >= 0.3 is 0 Å². The number of benzene rings is 1. The molecule has 7 heteroatoms. The number of aliphatic imine (C=N–C) groups is 1. The van der Waals surface area contributed by atoms with E-state index in [9.17, 15) is 0 Å². The van der Waals surface area contributed by atoms with E-state index in [0.717, 1.165) is 63.9 Å². The second kappa shape index (κ2) is 8.93. The number of hydrogen-bond donors (Lipinski definition) is 1. The molecule has 1 aromatic rings. The van der Waals surface area contributed by atoms with Crippen LogP contribution in [0.5, 0.6) is 0 Å². The molecule has 3 rings (SSSR count). The summed E-state index contributed by atoms with van der Waals surface area (Å²) in [5.41, 5.74) is 7.48. The predicted octanol–water partition coefficient (Wildman–Crippen LogP) is 1.41. The van der Waals surface area contributed by atoms with E-state index in [1.807, 2.05) is 12.1 Å². The van der Waals surface area contributed by atoms with E-state index in [2.05, 4.69) is 50.7 Å². The number of anilines is 1. The number of guanidine groups is 1. The Balaban J connectivity index is 1.46. The molecule has 2 aliphatic heterocycles. The number of rotatable bonds is 4. The van der Waals surface area contributed by atoms with Crippen molar-refractivity contribution in [3.05, 3.63) is 29.3 Å². The summed E-state index contributed by atoms with van der Waals surface area (Å²) in [6, 6.07) is 8.48. The van der Waals surface area contributed by atoms with Crippen molar-refractivity contribution in [3.8, 4) is 0 Å². The average molecular weight is 379 g/mol. The average Bonchev–Trinajstić information content (AvgIpc) is 2.67. The van der Waals surface area contributed by atoms with Crippen LogP contribution in [0.1, 0.15) is 6.92 Å². The highest BCUT2D eigenvalue weighted by atomic mass is 35.5. The van der Waals surface area contributed by atoms with E-state index < -0.39 is 0 Å². The van der Waals surface area contributed by atoms with Crippen molar-refractivity contribution in [3.63, 3.8) is 0 Å². The fourth-order valence-corrected chi connectivity index (χ4v) is 3.68. The van der Waals surface area contributed by atoms with E-state index in [-0.39, 0.29) is 0 Å². The third-order valence-electron chi connectivity index (χ3n) is 5.47. The van der Waals surface area contributed by atoms with Crippen LogP contribution in [-0.2, 0) is 0 Å².